The largest absolute Gasteiger partial charge is 0.463 e. The van der Waals surface area contributed by atoms with Gasteiger partial charge >= 0.3 is 6.18 Å². The van der Waals surface area contributed by atoms with Crippen molar-refractivity contribution in [2.45, 2.75) is 51.9 Å². The fourth-order valence-electron chi connectivity index (χ4n) is 3.79. The summed E-state index contributed by atoms with van der Waals surface area (Å²) >= 11 is 0. The third kappa shape index (κ3) is 4.49. The number of nitrogens with zero attached hydrogens (tertiary/aromatic N) is 2. The molecule has 2 amide bonds. The van der Waals surface area contributed by atoms with Crippen LogP contribution in [0.3, 0.4) is 0 Å². The van der Waals surface area contributed by atoms with E-state index in [-0.39, 0.29) is 42.3 Å². The molecule has 1 saturated carbocycles. The second-order valence-electron chi connectivity index (χ2n) is 8.44. The smallest absolute Gasteiger partial charge is 0.395 e. The average molecular weight is 469 g/mol. The maximum absolute atomic E-state index is 13.6. The number of fused-ring (bicyclic) bond motifs is 1. The number of amides is 2. The molecule has 2 aliphatic rings. The van der Waals surface area contributed by atoms with Gasteiger partial charge in [0.2, 0.25) is 11.8 Å². The van der Waals surface area contributed by atoms with Crippen molar-refractivity contribution in [1.82, 2.24) is 4.98 Å². The standard InChI is InChI=1S/C22H20F5N3O3/c1-11-5-16-19(29-18(11)28-17(31)9-21(3-4-21)22(25,26)27)33-12(2)20(32)30(16)10-13-6-14(23)8-15(24)7-13/h5-8,12H,3-4,9-10H2,1-2H3,(H,28,29,31). The van der Waals surface area contributed by atoms with Crippen LogP contribution in [0.4, 0.5) is 33.5 Å². The molecular weight excluding hydrogens is 449 g/mol. The number of nitrogens with one attached hydrogen (secondary N) is 1. The minimum Gasteiger partial charge on any atom is -0.463 e. The third-order valence-corrected chi connectivity index (χ3v) is 5.83. The Morgan fingerprint density at radius 3 is 2.42 bits per heavy atom. The second-order valence-corrected chi connectivity index (χ2v) is 8.44. The summed E-state index contributed by atoms with van der Waals surface area (Å²) in [5, 5.41) is 2.40. The van der Waals surface area contributed by atoms with Crippen molar-refractivity contribution in [3.63, 3.8) is 0 Å². The van der Waals surface area contributed by atoms with Crippen molar-refractivity contribution in [3.05, 3.63) is 47.0 Å². The molecule has 1 fully saturated rings. The molecule has 1 N–H and O–H groups in total. The number of hydrogen-bond donors (Lipinski definition) is 1. The van der Waals surface area contributed by atoms with Crippen LogP contribution in [0.2, 0.25) is 0 Å². The van der Waals surface area contributed by atoms with E-state index in [1.54, 1.807) is 6.92 Å². The number of rotatable bonds is 5. The fraction of sp³-hybridized carbons (Fsp3) is 0.409. The highest BCUT2D eigenvalue weighted by atomic mass is 19.4. The van der Waals surface area contributed by atoms with E-state index in [1.165, 1.54) is 17.9 Å². The number of halogens is 5. The van der Waals surface area contributed by atoms with Crippen LogP contribution in [-0.4, -0.2) is 29.1 Å². The molecule has 2 heterocycles. The Hall–Kier alpha value is -3.24. The maximum atomic E-state index is 13.6. The number of aromatic nitrogens is 1. The number of alkyl halides is 3. The van der Waals surface area contributed by atoms with E-state index >= 15 is 0 Å². The molecule has 1 aromatic carbocycles. The summed E-state index contributed by atoms with van der Waals surface area (Å²) in [6, 6.07) is 4.39. The molecular formula is C22H20F5N3O3. The van der Waals surface area contributed by atoms with Crippen molar-refractivity contribution >= 4 is 23.3 Å². The Morgan fingerprint density at radius 2 is 1.85 bits per heavy atom. The second kappa shape index (κ2) is 7.96. The minimum absolute atomic E-state index is 0.00928. The van der Waals surface area contributed by atoms with Crippen molar-refractivity contribution in [2.24, 2.45) is 5.41 Å². The molecule has 0 spiro atoms. The topological polar surface area (TPSA) is 71.5 Å². The van der Waals surface area contributed by atoms with Gasteiger partial charge in [-0.1, -0.05) is 0 Å². The predicted octanol–water partition coefficient (Wildman–Crippen LogP) is 4.65. The summed E-state index contributed by atoms with van der Waals surface area (Å²) in [7, 11) is 0. The lowest BCUT2D eigenvalue weighted by molar-refractivity contribution is -0.189. The van der Waals surface area contributed by atoms with Gasteiger partial charge in [0, 0.05) is 12.5 Å². The molecule has 6 nitrogen and oxygen atoms in total. The maximum Gasteiger partial charge on any atom is 0.395 e. The lowest BCUT2D eigenvalue weighted by atomic mass is 10.0. The van der Waals surface area contributed by atoms with Gasteiger partial charge in [0.15, 0.2) is 6.10 Å². The van der Waals surface area contributed by atoms with Crippen LogP contribution in [0.5, 0.6) is 5.88 Å². The molecule has 0 saturated heterocycles. The quantitative estimate of drug-likeness (QED) is 0.647. The summed E-state index contributed by atoms with van der Waals surface area (Å²) in [5.41, 5.74) is -1.20. The van der Waals surface area contributed by atoms with E-state index in [4.69, 9.17) is 4.74 Å². The van der Waals surface area contributed by atoms with Crippen molar-refractivity contribution in [2.75, 3.05) is 10.2 Å². The molecule has 11 heteroatoms. The van der Waals surface area contributed by atoms with Crippen molar-refractivity contribution in [3.8, 4) is 5.88 Å². The minimum atomic E-state index is -4.46. The Kier molecular flexibility index (Phi) is 5.53. The summed E-state index contributed by atoms with van der Waals surface area (Å²) in [4.78, 5) is 30.5. The van der Waals surface area contributed by atoms with Crippen LogP contribution in [0.15, 0.2) is 24.3 Å². The number of aryl methyl sites for hydroxylation is 1. The normalized spacial score (nSPS) is 19.1. The van der Waals surface area contributed by atoms with Gasteiger partial charge in [0.05, 0.1) is 12.0 Å². The number of carbonyl (C=O) groups is 2. The van der Waals surface area contributed by atoms with Gasteiger partial charge in [-0.05, 0) is 56.0 Å². The zero-order valence-electron chi connectivity index (χ0n) is 17.7. The van der Waals surface area contributed by atoms with Crippen LogP contribution in [0.25, 0.3) is 0 Å². The molecule has 2 aromatic rings. The zero-order chi connectivity index (χ0) is 24.1. The Labute approximate surface area is 185 Å². The number of carbonyl (C=O) groups excluding carboxylic acids is 2. The highest BCUT2D eigenvalue weighted by Crippen LogP contribution is 2.60. The van der Waals surface area contributed by atoms with E-state index < -0.39 is 47.6 Å². The number of ether oxygens (including phenoxy) is 1. The highest BCUT2D eigenvalue weighted by molar-refractivity contribution is 6.00. The van der Waals surface area contributed by atoms with Gasteiger partial charge in [0.25, 0.3) is 5.91 Å². The monoisotopic (exact) mass is 469 g/mol. The molecule has 1 aliphatic carbocycles. The number of benzene rings is 1. The molecule has 1 unspecified atom stereocenters. The molecule has 1 aliphatic heterocycles. The summed E-state index contributed by atoms with van der Waals surface area (Å²) in [5.74, 6) is -2.90. The number of hydrogen-bond acceptors (Lipinski definition) is 4. The lowest BCUT2D eigenvalue weighted by Crippen LogP contribution is -2.44. The molecule has 33 heavy (non-hydrogen) atoms. The molecule has 1 atom stereocenters. The van der Waals surface area contributed by atoms with Crippen LogP contribution < -0.4 is 15.0 Å². The van der Waals surface area contributed by atoms with Crippen LogP contribution >= 0.6 is 0 Å². The molecule has 1 aromatic heterocycles. The molecule has 176 valence electrons. The Bertz CT molecular complexity index is 1110. The fourth-order valence-corrected chi connectivity index (χ4v) is 3.79. The first-order valence-electron chi connectivity index (χ1n) is 10.2. The number of anilines is 2. The van der Waals surface area contributed by atoms with E-state index in [9.17, 15) is 31.5 Å². The molecule has 4 rings (SSSR count). The van der Waals surface area contributed by atoms with E-state index in [0.29, 0.717) is 11.6 Å². The Balaban J connectivity index is 1.59. The molecule has 0 bridgehead atoms. The SMILES string of the molecule is Cc1cc2c(nc1NC(=O)CC1(C(F)(F)F)CC1)OC(C)C(=O)N2Cc1cc(F)cc(F)c1. The Morgan fingerprint density at radius 1 is 1.21 bits per heavy atom. The lowest BCUT2D eigenvalue weighted by Gasteiger charge is -2.33. The van der Waals surface area contributed by atoms with Gasteiger partial charge < -0.3 is 10.1 Å². The van der Waals surface area contributed by atoms with Gasteiger partial charge in [-0.25, -0.2) is 8.78 Å². The van der Waals surface area contributed by atoms with E-state index in [0.717, 1.165) is 12.1 Å². The van der Waals surface area contributed by atoms with Crippen LogP contribution in [-0.2, 0) is 16.1 Å². The zero-order valence-corrected chi connectivity index (χ0v) is 17.7. The van der Waals surface area contributed by atoms with Gasteiger partial charge in [0.1, 0.15) is 23.1 Å². The van der Waals surface area contributed by atoms with Gasteiger partial charge in [-0.2, -0.15) is 18.2 Å². The van der Waals surface area contributed by atoms with Gasteiger partial charge in [-0.3, -0.25) is 14.5 Å². The van der Waals surface area contributed by atoms with E-state index in [1.807, 2.05) is 0 Å². The first-order valence-corrected chi connectivity index (χ1v) is 10.2. The van der Waals surface area contributed by atoms with Crippen molar-refractivity contribution < 1.29 is 36.3 Å². The van der Waals surface area contributed by atoms with Crippen LogP contribution in [0, 0.1) is 24.0 Å². The summed E-state index contributed by atoms with van der Waals surface area (Å²) < 4.78 is 72.2. The summed E-state index contributed by atoms with van der Waals surface area (Å²) in [6.07, 6.45) is -6.34. The third-order valence-electron chi connectivity index (χ3n) is 5.83. The molecule has 0 radical (unpaired) electrons. The van der Waals surface area contributed by atoms with E-state index in [2.05, 4.69) is 10.3 Å². The van der Waals surface area contributed by atoms with Crippen molar-refractivity contribution in [1.29, 1.82) is 0 Å². The average Bonchev–Trinajstić information content (AvgIpc) is 3.47. The predicted molar refractivity (Wildman–Crippen MR) is 108 cm³/mol. The number of pyridine rings is 1. The summed E-state index contributed by atoms with van der Waals surface area (Å²) in [6.45, 7) is 2.86. The highest BCUT2D eigenvalue weighted by Gasteiger charge is 2.63. The van der Waals surface area contributed by atoms with Gasteiger partial charge in [-0.15, -0.1) is 0 Å². The first kappa shape index (κ1) is 22.9. The first-order chi connectivity index (χ1) is 15.4. The van der Waals surface area contributed by atoms with Crippen LogP contribution in [0.1, 0.15) is 37.3 Å².